The van der Waals surface area contributed by atoms with Crippen LogP contribution in [-0.2, 0) is 26.1 Å². The number of carbonyl (C=O) groups excluding carboxylic acids is 1. The SMILES string of the molecule is O=C(CN(Cc1ccc(F)cc1)S(=O)(=O)c1ccccc1)NC[C@@H]1CCCO1. The molecule has 150 valence electrons. The Morgan fingerprint density at radius 1 is 1.14 bits per heavy atom. The molecule has 1 N–H and O–H groups in total. The molecule has 8 heteroatoms. The Balaban J connectivity index is 1.75. The number of rotatable bonds is 8. The maximum atomic E-state index is 13.2. The van der Waals surface area contributed by atoms with Crippen molar-refractivity contribution in [1.29, 1.82) is 0 Å². The van der Waals surface area contributed by atoms with Gasteiger partial charge in [0.05, 0.1) is 17.5 Å². The van der Waals surface area contributed by atoms with E-state index in [0.717, 1.165) is 17.1 Å². The van der Waals surface area contributed by atoms with Crippen LogP contribution in [0.1, 0.15) is 18.4 Å². The van der Waals surface area contributed by atoms with Gasteiger partial charge in [0, 0.05) is 19.7 Å². The molecule has 1 fully saturated rings. The number of nitrogens with one attached hydrogen (secondary N) is 1. The molecule has 1 aliphatic heterocycles. The van der Waals surface area contributed by atoms with Gasteiger partial charge >= 0.3 is 0 Å². The molecular weight excluding hydrogens is 383 g/mol. The minimum atomic E-state index is -3.89. The summed E-state index contributed by atoms with van der Waals surface area (Å²) >= 11 is 0. The Morgan fingerprint density at radius 2 is 1.86 bits per heavy atom. The molecule has 2 aromatic rings. The number of ether oxygens (including phenoxy) is 1. The highest BCUT2D eigenvalue weighted by molar-refractivity contribution is 7.89. The number of halogens is 1. The highest BCUT2D eigenvalue weighted by atomic mass is 32.2. The number of carbonyl (C=O) groups is 1. The number of hydrogen-bond acceptors (Lipinski definition) is 4. The van der Waals surface area contributed by atoms with Gasteiger partial charge in [-0.15, -0.1) is 0 Å². The molecule has 1 aliphatic rings. The van der Waals surface area contributed by atoms with Crippen molar-refractivity contribution in [1.82, 2.24) is 9.62 Å². The molecule has 0 bridgehead atoms. The molecule has 0 aromatic heterocycles. The first-order valence-electron chi connectivity index (χ1n) is 9.13. The second-order valence-electron chi connectivity index (χ2n) is 6.65. The van der Waals surface area contributed by atoms with Crippen molar-refractivity contribution in [3.05, 3.63) is 66.0 Å². The van der Waals surface area contributed by atoms with E-state index in [-0.39, 0.29) is 24.1 Å². The third-order valence-corrected chi connectivity index (χ3v) is 6.33. The van der Waals surface area contributed by atoms with Gasteiger partial charge in [0.25, 0.3) is 0 Å². The Kier molecular flexibility index (Phi) is 6.77. The van der Waals surface area contributed by atoms with Gasteiger partial charge in [-0.2, -0.15) is 4.31 Å². The summed E-state index contributed by atoms with van der Waals surface area (Å²) < 4.78 is 45.8. The van der Waals surface area contributed by atoms with E-state index in [4.69, 9.17) is 4.74 Å². The van der Waals surface area contributed by atoms with Crippen LogP contribution in [0.4, 0.5) is 4.39 Å². The van der Waals surface area contributed by atoms with Gasteiger partial charge in [0.15, 0.2) is 0 Å². The van der Waals surface area contributed by atoms with E-state index in [1.54, 1.807) is 18.2 Å². The summed E-state index contributed by atoms with van der Waals surface area (Å²) in [5.41, 5.74) is 0.591. The number of benzene rings is 2. The lowest BCUT2D eigenvalue weighted by Gasteiger charge is -2.22. The lowest BCUT2D eigenvalue weighted by molar-refractivity contribution is -0.121. The maximum absolute atomic E-state index is 13.2. The average molecular weight is 406 g/mol. The summed E-state index contributed by atoms with van der Waals surface area (Å²) in [7, 11) is -3.89. The second-order valence-corrected chi connectivity index (χ2v) is 8.59. The highest BCUT2D eigenvalue weighted by Gasteiger charge is 2.27. The van der Waals surface area contributed by atoms with Crippen LogP contribution in [0, 0.1) is 5.82 Å². The fourth-order valence-electron chi connectivity index (χ4n) is 3.01. The van der Waals surface area contributed by atoms with Crippen molar-refractivity contribution in [2.75, 3.05) is 19.7 Å². The van der Waals surface area contributed by atoms with E-state index in [2.05, 4.69) is 5.32 Å². The van der Waals surface area contributed by atoms with Crippen molar-refractivity contribution in [3.8, 4) is 0 Å². The zero-order valence-corrected chi connectivity index (χ0v) is 16.2. The van der Waals surface area contributed by atoms with Crippen molar-refractivity contribution in [2.24, 2.45) is 0 Å². The van der Waals surface area contributed by atoms with E-state index >= 15 is 0 Å². The number of amides is 1. The van der Waals surface area contributed by atoms with Gasteiger partial charge < -0.3 is 10.1 Å². The van der Waals surface area contributed by atoms with Crippen LogP contribution in [0.2, 0.25) is 0 Å². The van der Waals surface area contributed by atoms with E-state index in [1.165, 1.54) is 36.4 Å². The lowest BCUT2D eigenvalue weighted by atomic mass is 10.2. The molecule has 1 atom stereocenters. The molecule has 2 aromatic carbocycles. The van der Waals surface area contributed by atoms with Crippen LogP contribution in [0.15, 0.2) is 59.5 Å². The van der Waals surface area contributed by atoms with Crippen LogP contribution in [0.5, 0.6) is 0 Å². The van der Waals surface area contributed by atoms with Gasteiger partial charge in [-0.3, -0.25) is 4.79 Å². The van der Waals surface area contributed by atoms with Crippen LogP contribution < -0.4 is 5.32 Å². The van der Waals surface area contributed by atoms with E-state index in [0.29, 0.717) is 18.7 Å². The Hall–Kier alpha value is -2.29. The van der Waals surface area contributed by atoms with E-state index in [1.807, 2.05) is 0 Å². The summed E-state index contributed by atoms with van der Waals surface area (Å²) in [6, 6.07) is 13.5. The number of sulfonamides is 1. The van der Waals surface area contributed by atoms with Crippen LogP contribution >= 0.6 is 0 Å². The first-order chi connectivity index (χ1) is 13.4. The fourth-order valence-corrected chi connectivity index (χ4v) is 4.42. The summed E-state index contributed by atoms with van der Waals surface area (Å²) in [4.78, 5) is 12.5. The second kappa shape index (κ2) is 9.27. The summed E-state index contributed by atoms with van der Waals surface area (Å²) in [6.45, 7) is 0.667. The number of nitrogens with zero attached hydrogens (tertiary/aromatic N) is 1. The Bertz CT molecular complexity index is 882. The molecular formula is C20H23FN2O4S. The molecule has 1 amide bonds. The normalized spacial score (nSPS) is 17.0. The van der Waals surface area contributed by atoms with Crippen LogP contribution in [0.25, 0.3) is 0 Å². The molecule has 0 unspecified atom stereocenters. The first-order valence-corrected chi connectivity index (χ1v) is 10.6. The third-order valence-electron chi connectivity index (χ3n) is 4.52. The molecule has 0 spiro atoms. The molecule has 0 saturated carbocycles. The molecule has 6 nitrogen and oxygen atoms in total. The van der Waals surface area contributed by atoms with Crippen molar-refractivity contribution in [2.45, 2.75) is 30.4 Å². The zero-order chi connectivity index (χ0) is 20.0. The van der Waals surface area contributed by atoms with E-state index in [9.17, 15) is 17.6 Å². The van der Waals surface area contributed by atoms with Crippen LogP contribution in [0.3, 0.4) is 0 Å². The summed E-state index contributed by atoms with van der Waals surface area (Å²) in [6.07, 6.45) is 1.81. The maximum Gasteiger partial charge on any atom is 0.243 e. The quantitative estimate of drug-likeness (QED) is 0.730. The van der Waals surface area contributed by atoms with Gasteiger partial charge in [-0.05, 0) is 42.7 Å². The molecule has 1 heterocycles. The number of hydrogen-bond donors (Lipinski definition) is 1. The Morgan fingerprint density at radius 3 is 2.50 bits per heavy atom. The summed E-state index contributed by atoms with van der Waals surface area (Å²) in [5.74, 6) is -0.812. The largest absolute Gasteiger partial charge is 0.376 e. The van der Waals surface area contributed by atoms with Gasteiger partial charge in [-0.1, -0.05) is 30.3 Å². The third kappa shape index (κ3) is 5.37. The smallest absolute Gasteiger partial charge is 0.243 e. The molecule has 1 saturated heterocycles. The monoisotopic (exact) mass is 406 g/mol. The Labute approximate surface area is 164 Å². The van der Waals surface area contributed by atoms with E-state index < -0.39 is 21.7 Å². The topological polar surface area (TPSA) is 75.7 Å². The summed E-state index contributed by atoms with van der Waals surface area (Å²) in [5, 5.41) is 2.74. The lowest BCUT2D eigenvalue weighted by Crippen LogP contribution is -2.42. The van der Waals surface area contributed by atoms with Gasteiger partial charge in [0.2, 0.25) is 15.9 Å². The average Bonchev–Trinajstić information content (AvgIpc) is 3.22. The van der Waals surface area contributed by atoms with Crippen molar-refractivity contribution < 1.29 is 22.3 Å². The van der Waals surface area contributed by atoms with Crippen molar-refractivity contribution >= 4 is 15.9 Å². The van der Waals surface area contributed by atoms with Crippen LogP contribution in [-0.4, -0.2) is 44.4 Å². The molecule has 0 aliphatic carbocycles. The molecule has 28 heavy (non-hydrogen) atoms. The predicted octanol–water partition coefficient (Wildman–Crippen LogP) is 2.31. The zero-order valence-electron chi connectivity index (χ0n) is 15.4. The minimum absolute atomic E-state index is 0.0276. The molecule has 0 radical (unpaired) electrons. The minimum Gasteiger partial charge on any atom is -0.376 e. The van der Waals surface area contributed by atoms with Gasteiger partial charge in [0.1, 0.15) is 5.82 Å². The first kappa shape index (κ1) is 20.4. The highest BCUT2D eigenvalue weighted by Crippen LogP contribution is 2.18. The van der Waals surface area contributed by atoms with Gasteiger partial charge in [-0.25, -0.2) is 12.8 Å². The predicted molar refractivity (Wildman–Crippen MR) is 102 cm³/mol. The van der Waals surface area contributed by atoms with Crippen molar-refractivity contribution in [3.63, 3.8) is 0 Å². The standard InChI is InChI=1S/C20H23FN2O4S/c21-17-10-8-16(9-11-17)14-23(28(25,26)19-6-2-1-3-7-19)15-20(24)22-13-18-5-4-12-27-18/h1-3,6-11,18H,4-5,12-15H2,(H,22,24)/t18-/m0/s1. The fraction of sp³-hybridized carbons (Fsp3) is 0.350. The molecule has 3 rings (SSSR count).